The number of hydrogen-bond acceptors (Lipinski definition) is 6. The summed E-state index contributed by atoms with van der Waals surface area (Å²) in [6.07, 6.45) is 52.1. The molecular weight excluding hydrogens is 1080 g/mol. The van der Waals surface area contributed by atoms with E-state index in [-0.39, 0.29) is 0 Å². The van der Waals surface area contributed by atoms with E-state index in [1.54, 1.807) is 0 Å². The van der Waals surface area contributed by atoms with E-state index in [1.807, 2.05) is 0 Å². The van der Waals surface area contributed by atoms with Gasteiger partial charge < -0.3 is 0 Å². The number of benzene rings is 1. The van der Waals surface area contributed by atoms with Crippen LogP contribution in [0, 0.1) is 0 Å². The molecule has 0 spiro atoms. The van der Waals surface area contributed by atoms with E-state index < -0.39 is 64.8 Å². The molecule has 0 aliphatic rings. The van der Waals surface area contributed by atoms with Crippen molar-refractivity contribution in [3.8, 4) is 0 Å². The highest BCUT2D eigenvalue weighted by Gasteiger charge is 2.38. The van der Waals surface area contributed by atoms with Gasteiger partial charge in [0.15, 0.2) is 0 Å². The van der Waals surface area contributed by atoms with E-state index in [4.69, 9.17) is 0 Å². The third-order valence-electron chi connectivity index (χ3n) is 15.7. The molecule has 0 amide bonds. The lowest BCUT2D eigenvalue weighted by Crippen LogP contribution is -2.22. The van der Waals surface area contributed by atoms with Gasteiger partial charge in [0.2, 0.25) is 0 Å². The standard InChI is InChI=1S/C66H126O6S6/c1-7-13-19-25-31-37-43-49-55-73(67)61-62(74(68)56-50-44-38-32-26-20-14-8-2)64(76(70)58-52-46-40-34-28-22-16-10-4)66(78(72)60-54-48-42-36-30-24-18-12-6)65(77(71)59-53-47-41-35-29-23-17-11-5)63(61)75(69)57-51-45-39-33-27-21-15-9-3/h7-60H2,1-6H3. The lowest BCUT2D eigenvalue weighted by Gasteiger charge is -2.25. The smallest absolute Gasteiger partial charge is 0.0736 e. The van der Waals surface area contributed by atoms with Crippen molar-refractivity contribution in [3.63, 3.8) is 0 Å². The second kappa shape index (κ2) is 55.0. The summed E-state index contributed by atoms with van der Waals surface area (Å²) in [4.78, 5) is 1.75. The van der Waals surface area contributed by atoms with Crippen LogP contribution in [0.1, 0.15) is 350 Å². The molecule has 0 bridgehead atoms. The lowest BCUT2D eigenvalue weighted by molar-refractivity contribution is 0.581. The van der Waals surface area contributed by atoms with Crippen molar-refractivity contribution in [2.24, 2.45) is 0 Å². The van der Waals surface area contributed by atoms with Crippen molar-refractivity contribution >= 4 is 64.8 Å². The summed E-state index contributed by atoms with van der Waals surface area (Å²) in [5.41, 5.74) is 0. The topological polar surface area (TPSA) is 102 Å². The first kappa shape index (κ1) is 76.1. The van der Waals surface area contributed by atoms with E-state index in [0.29, 0.717) is 102 Å². The summed E-state index contributed by atoms with van der Waals surface area (Å²) in [5.74, 6) is 1.88. The van der Waals surface area contributed by atoms with E-state index in [1.165, 1.54) is 154 Å². The molecule has 12 heteroatoms. The molecule has 6 unspecified atom stereocenters. The second-order valence-electron chi connectivity index (χ2n) is 23.1. The highest BCUT2D eigenvalue weighted by Crippen LogP contribution is 2.43. The van der Waals surface area contributed by atoms with Crippen LogP contribution in [0.3, 0.4) is 0 Å². The normalized spacial score (nSPS) is 14.2. The quantitative estimate of drug-likeness (QED) is 0.0602. The molecule has 1 aromatic carbocycles. The predicted molar refractivity (Wildman–Crippen MR) is 350 cm³/mol. The molecule has 0 aliphatic heterocycles. The Bertz CT molecular complexity index is 1400. The monoisotopic (exact) mass is 1210 g/mol. The number of hydrogen-bond donors (Lipinski definition) is 0. The summed E-state index contributed by atoms with van der Waals surface area (Å²) in [5, 5.41) is 0. The van der Waals surface area contributed by atoms with Crippen LogP contribution >= 0.6 is 0 Å². The van der Waals surface area contributed by atoms with Crippen LogP contribution in [0.4, 0.5) is 0 Å². The van der Waals surface area contributed by atoms with Gasteiger partial charge in [0.25, 0.3) is 0 Å². The van der Waals surface area contributed by atoms with Crippen molar-refractivity contribution in [3.05, 3.63) is 0 Å². The van der Waals surface area contributed by atoms with Gasteiger partial charge in [-0.3, -0.25) is 25.3 Å². The summed E-state index contributed by atoms with van der Waals surface area (Å²) < 4.78 is 93.7. The molecule has 78 heavy (non-hydrogen) atoms. The molecule has 6 atom stereocenters. The third-order valence-corrected chi connectivity index (χ3v) is 25.6. The maximum atomic E-state index is 15.6. The fourth-order valence-corrected chi connectivity index (χ4v) is 22.1. The second-order valence-corrected chi connectivity index (χ2v) is 32.2. The van der Waals surface area contributed by atoms with Gasteiger partial charge in [0, 0.05) is 34.5 Å². The first-order valence-corrected chi connectivity index (χ1v) is 41.6. The molecule has 0 saturated carbocycles. The molecule has 1 rings (SSSR count). The van der Waals surface area contributed by atoms with Gasteiger partial charge >= 0.3 is 0 Å². The zero-order chi connectivity index (χ0) is 57.1. The Morgan fingerprint density at radius 1 is 0.154 bits per heavy atom. The number of unbranched alkanes of at least 4 members (excludes halogenated alkanes) is 42. The van der Waals surface area contributed by atoms with Gasteiger partial charge in [0.05, 0.1) is 94.2 Å². The van der Waals surface area contributed by atoms with Crippen molar-refractivity contribution < 1.29 is 25.3 Å². The molecule has 462 valence electrons. The van der Waals surface area contributed by atoms with Crippen LogP contribution in [0.15, 0.2) is 29.4 Å². The Hall–Kier alpha value is 0.120. The number of rotatable bonds is 60. The molecule has 6 nitrogen and oxygen atoms in total. The van der Waals surface area contributed by atoms with E-state index in [0.717, 1.165) is 116 Å². The van der Waals surface area contributed by atoms with Crippen molar-refractivity contribution in [2.75, 3.05) is 34.5 Å². The van der Waals surface area contributed by atoms with Crippen LogP contribution in [-0.4, -0.2) is 59.8 Å². The molecule has 0 aromatic heterocycles. The Morgan fingerprint density at radius 2 is 0.244 bits per heavy atom. The van der Waals surface area contributed by atoms with Gasteiger partial charge in [-0.05, 0) is 38.5 Å². The van der Waals surface area contributed by atoms with E-state index in [2.05, 4.69) is 41.5 Å². The summed E-state index contributed by atoms with van der Waals surface area (Å²) in [6, 6.07) is 0. The Balaban J connectivity index is 4.25. The minimum Gasteiger partial charge on any atom is -0.254 e. The highest BCUT2D eigenvalue weighted by atomic mass is 32.2. The molecule has 0 saturated heterocycles. The molecule has 0 N–H and O–H groups in total. The maximum Gasteiger partial charge on any atom is 0.0736 e. The zero-order valence-electron chi connectivity index (χ0n) is 52.1. The first-order valence-electron chi connectivity index (χ1n) is 33.7. The zero-order valence-corrected chi connectivity index (χ0v) is 57.0. The lowest BCUT2D eigenvalue weighted by atomic mass is 10.1. The largest absolute Gasteiger partial charge is 0.254 e. The molecular formula is C66H126O6S6. The van der Waals surface area contributed by atoms with Crippen LogP contribution < -0.4 is 0 Å². The summed E-state index contributed by atoms with van der Waals surface area (Å²) >= 11 is 0. The van der Waals surface area contributed by atoms with Gasteiger partial charge in [-0.2, -0.15) is 0 Å². The fourth-order valence-electron chi connectivity index (χ4n) is 10.7. The van der Waals surface area contributed by atoms with Crippen molar-refractivity contribution in [1.82, 2.24) is 0 Å². The fraction of sp³-hybridized carbons (Fsp3) is 0.909. The molecule has 0 radical (unpaired) electrons. The molecule has 0 heterocycles. The molecule has 0 aliphatic carbocycles. The average molecular weight is 1210 g/mol. The van der Waals surface area contributed by atoms with Crippen molar-refractivity contribution in [2.45, 2.75) is 379 Å². The van der Waals surface area contributed by atoms with Gasteiger partial charge in [-0.15, -0.1) is 0 Å². The molecule has 1 aromatic rings. The SMILES string of the molecule is CCCCCCCCCCS(=O)c1c(S(=O)CCCCCCCCCC)c(S(=O)CCCCCCCCCC)c(S(=O)CCCCCCCCCC)c(S(=O)CCCCCCCCCC)c1S(=O)CCCCCCCCCC. The minimum atomic E-state index is -1.75. The highest BCUT2D eigenvalue weighted by molar-refractivity contribution is 7.93. The predicted octanol–water partition coefficient (Wildman–Crippen LogP) is 21.2. The van der Waals surface area contributed by atoms with Crippen LogP contribution in [-0.2, 0) is 64.8 Å². The molecule has 0 fully saturated rings. The average Bonchev–Trinajstić information content (AvgIpc) is 3.61. The maximum absolute atomic E-state index is 15.6. The Labute approximate surface area is 500 Å². The van der Waals surface area contributed by atoms with E-state index in [9.17, 15) is 0 Å². The van der Waals surface area contributed by atoms with Gasteiger partial charge in [-0.1, -0.05) is 311 Å². The third kappa shape index (κ3) is 36.7. The Morgan fingerprint density at radius 3 is 0.346 bits per heavy atom. The van der Waals surface area contributed by atoms with Gasteiger partial charge in [-0.25, -0.2) is 0 Å². The van der Waals surface area contributed by atoms with Crippen LogP contribution in [0.2, 0.25) is 0 Å². The van der Waals surface area contributed by atoms with Gasteiger partial charge in [0.1, 0.15) is 0 Å². The Kier molecular flexibility index (Phi) is 53.7. The first-order chi connectivity index (χ1) is 38.2. The summed E-state index contributed by atoms with van der Waals surface area (Å²) in [6.45, 7) is 13.4. The van der Waals surface area contributed by atoms with Crippen LogP contribution in [0.5, 0.6) is 0 Å². The van der Waals surface area contributed by atoms with Crippen molar-refractivity contribution in [1.29, 1.82) is 0 Å². The summed E-state index contributed by atoms with van der Waals surface area (Å²) in [7, 11) is -10.5. The minimum absolute atomic E-state index is 0.292. The van der Waals surface area contributed by atoms with E-state index >= 15 is 25.3 Å². The van der Waals surface area contributed by atoms with Crippen LogP contribution in [0.25, 0.3) is 0 Å².